The fourth-order valence-electron chi connectivity index (χ4n) is 4.10. The largest absolute Gasteiger partial charge is 0.494 e. The zero-order chi connectivity index (χ0) is 26.5. The number of carbonyl (C=O) groups excluding carboxylic acids is 1. The number of allylic oxidation sites excluding steroid dienone is 1. The summed E-state index contributed by atoms with van der Waals surface area (Å²) in [6.07, 6.45) is 3.45. The lowest BCUT2D eigenvalue weighted by Crippen LogP contribution is -2.39. The molecule has 0 saturated carbocycles. The maximum absolute atomic E-state index is 13.7. The van der Waals surface area contributed by atoms with Gasteiger partial charge in [-0.15, -0.1) is 0 Å². The summed E-state index contributed by atoms with van der Waals surface area (Å²) in [6.45, 7) is 6.29. The van der Waals surface area contributed by atoms with Crippen LogP contribution in [0.4, 0.5) is 5.69 Å². The van der Waals surface area contributed by atoms with Gasteiger partial charge in [0.25, 0.3) is 11.2 Å². The van der Waals surface area contributed by atoms with Crippen molar-refractivity contribution >= 4 is 29.1 Å². The van der Waals surface area contributed by atoms with Crippen LogP contribution in [-0.4, -0.2) is 28.7 Å². The van der Waals surface area contributed by atoms with Crippen molar-refractivity contribution in [2.75, 3.05) is 13.2 Å². The number of thiazole rings is 1. The molecule has 1 unspecified atom stereocenters. The predicted octanol–water partition coefficient (Wildman–Crippen LogP) is 3.89. The molecule has 1 atom stereocenters. The first-order chi connectivity index (χ1) is 17.8. The van der Waals surface area contributed by atoms with Crippen LogP contribution in [-0.2, 0) is 9.53 Å². The molecule has 0 fully saturated rings. The number of aromatic nitrogens is 1. The van der Waals surface area contributed by atoms with Gasteiger partial charge in [0.1, 0.15) is 5.75 Å². The molecular formula is C27H27N3O6S. The Kier molecular flexibility index (Phi) is 7.98. The highest BCUT2D eigenvalue weighted by Gasteiger charge is 2.33. The van der Waals surface area contributed by atoms with Crippen LogP contribution in [0, 0.1) is 10.1 Å². The molecule has 1 aromatic heterocycles. The van der Waals surface area contributed by atoms with Crippen LogP contribution in [0.3, 0.4) is 0 Å². The summed E-state index contributed by atoms with van der Waals surface area (Å²) in [4.78, 5) is 42.6. The van der Waals surface area contributed by atoms with Gasteiger partial charge in [0.15, 0.2) is 4.80 Å². The van der Waals surface area contributed by atoms with Crippen LogP contribution in [0.25, 0.3) is 6.08 Å². The average Bonchev–Trinajstić information content (AvgIpc) is 3.18. The lowest BCUT2D eigenvalue weighted by Gasteiger charge is -2.24. The minimum absolute atomic E-state index is 0.105. The predicted molar refractivity (Wildman–Crippen MR) is 140 cm³/mol. The monoisotopic (exact) mass is 521 g/mol. The molecule has 9 nitrogen and oxygen atoms in total. The molecule has 0 saturated heterocycles. The first-order valence-electron chi connectivity index (χ1n) is 12.0. The van der Waals surface area contributed by atoms with Crippen molar-refractivity contribution in [2.45, 2.75) is 39.7 Å². The summed E-state index contributed by atoms with van der Waals surface area (Å²) in [5.74, 6) is 0.143. The van der Waals surface area contributed by atoms with Crippen molar-refractivity contribution in [1.29, 1.82) is 0 Å². The fraction of sp³-hybridized carbons (Fsp3) is 0.296. The van der Waals surface area contributed by atoms with Gasteiger partial charge < -0.3 is 9.47 Å². The second-order valence-electron chi connectivity index (χ2n) is 8.39. The van der Waals surface area contributed by atoms with Crippen molar-refractivity contribution in [3.8, 4) is 5.75 Å². The maximum atomic E-state index is 13.7. The normalized spacial score (nSPS) is 15.2. The number of hydrogen-bond acceptors (Lipinski definition) is 8. The molecule has 3 aromatic rings. The Morgan fingerprint density at radius 1 is 1.19 bits per heavy atom. The Morgan fingerprint density at radius 2 is 1.92 bits per heavy atom. The van der Waals surface area contributed by atoms with Gasteiger partial charge in [-0.05, 0) is 50.1 Å². The standard InChI is InChI=1S/C27H27N3O6S/c1-4-6-15-36-20-13-11-18(12-14-20)24-23(26(32)35-5-2)17(3)28-27-29(24)25(31)22(37-27)16-19-9-7-8-10-21(19)30(33)34/h7-14,16,24H,4-6,15H2,1-3H3/b22-16-. The number of nitro benzene ring substituents is 1. The molecule has 1 aliphatic heterocycles. The molecule has 0 amide bonds. The van der Waals surface area contributed by atoms with Crippen LogP contribution >= 0.6 is 11.3 Å². The van der Waals surface area contributed by atoms with E-state index in [1.165, 1.54) is 16.7 Å². The lowest BCUT2D eigenvalue weighted by atomic mass is 9.96. The Hall–Kier alpha value is -4.05. The number of fused-ring (bicyclic) bond motifs is 1. The second kappa shape index (κ2) is 11.3. The number of ether oxygens (including phenoxy) is 2. The van der Waals surface area contributed by atoms with Gasteiger partial charge in [-0.2, -0.15) is 0 Å². The molecule has 0 spiro atoms. The Bertz CT molecular complexity index is 1540. The Balaban J connectivity index is 1.87. The molecule has 10 heteroatoms. The minimum Gasteiger partial charge on any atom is -0.494 e. The van der Waals surface area contributed by atoms with E-state index in [0.29, 0.717) is 34.0 Å². The highest BCUT2D eigenvalue weighted by molar-refractivity contribution is 7.07. The third-order valence-corrected chi connectivity index (χ3v) is 6.88. The SMILES string of the molecule is CCCCOc1ccc(C2C(C(=O)OCC)=C(C)N=c3s/c(=C\c4ccccc4[N+](=O)[O-])c(=O)n32)cc1. The van der Waals surface area contributed by atoms with E-state index >= 15 is 0 Å². The summed E-state index contributed by atoms with van der Waals surface area (Å²) < 4.78 is 12.8. The summed E-state index contributed by atoms with van der Waals surface area (Å²) >= 11 is 1.12. The third kappa shape index (κ3) is 5.39. The van der Waals surface area contributed by atoms with E-state index in [1.807, 2.05) is 24.3 Å². The van der Waals surface area contributed by atoms with Gasteiger partial charge in [0, 0.05) is 6.07 Å². The molecule has 0 N–H and O–H groups in total. The first kappa shape index (κ1) is 26.0. The number of esters is 1. The van der Waals surface area contributed by atoms with E-state index < -0.39 is 22.5 Å². The molecule has 0 radical (unpaired) electrons. The number of para-hydroxylation sites is 1. The number of unbranched alkanes of at least 4 members (excludes halogenated alkanes) is 1. The van der Waals surface area contributed by atoms with E-state index in [1.54, 1.807) is 32.0 Å². The number of nitrogens with zero attached hydrogens (tertiary/aromatic N) is 3. The Morgan fingerprint density at radius 3 is 2.59 bits per heavy atom. The molecule has 0 bridgehead atoms. The topological polar surface area (TPSA) is 113 Å². The molecule has 2 heterocycles. The molecular weight excluding hydrogens is 494 g/mol. The number of hydrogen-bond donors (Lipinski definition) is 0. The highest BCUT2D eigenvalue weighted by atomic mass is 32.1. The second-order valence-corrected chi connectivity index (χ2v) is 9.40. The summed E-state index contributed by atoms with van der Waals surface area (Å²) in [5.41, 5.74) is 1.22. The minimum atomic E-state index is -0.770. The van der Waals surface area contributed by atoms with Crippen molar-refractivity contribution in [1.82, 2.24) is 4.57 Å². The number of nitro groups is 1. The van der Waals surface area contributed by atoms with Gasteiger partial charge in [0.05, 0.1) is 45.5 Å². The van der Waals surface area contributed by atoms with Crippen molar-refractivity contribution in [2.24, 2.45) is 4.99 Å². The molecule has 2 aromatic carbocycles. The Labute approximate surface area is 217 Å². The quantitative estimate of drug-likeness (QED) is 0.183. The van der Waals surface area contributed by atoms with Gasteiger partial charge in [0.2, 0.25) is 0 Å². The van der Waals surface area contributed by atoms with E-state index in [9.17, 15) is 19.7 Å². The zero-order valence-electron chi connectivity index (χ0n) is 20.8. The molecule has 4 rings (SSSR count). The smallest absolute Gasteiger partial charge is 0.338 e. The summed E-state index contributed by atoms with van der Waals surface area (Å²) in [5, 5.41) is 11.5. The van der Waals surface area contributed by atoms with Crippen LogP contribution in [0.1, 0.15) is 50.8 Å². The van der Waals surface area contributed by atoms with Gasteiger partial charge in [-0.1, -0.05) is 48.9 Å². The highest BCUT2D eigenvalue weighted by Crippen LogP contribution is 2.31. The van der Waals surface area contributed by atoms with Crippen molar-refractivity contribution in [3.63, 3.8) is 0 Å². The fourth-order valence-corrected chi connectivity index (χ4v) is 5.14. The molecule has 1 aliphatic rings. The summed E-state index contributed by atoms with van der Waals surface area (Å²) in [6, 6.07) is 12.7. The van der Waals surface area contributed by atoms with Crippen LogP contribution < -0.4 is 19.6 Å². The van der Waals surface area contributed by atoms with E-state index in [2.05, 4.69) is 11.9 Å². The van der Waals surface area contributed by atoms with E-state index in [-0.39, 0.29) is 22.4 Å². The maximum Gasteiger partial charge on any atom is 0.338 e. The van der Waals surface area contributed by atoms with Crippen LogP contribution in [0.2, 0.25) is 0 Å². The molecule has 192 valence electrons. The van der Waals surface area contributed by atoms with Crippen molar-refractivity contribution in [3.05, 3.63) is 101 Å². The summed E-state index contributed by atoms with van der Waals surface area (Å²) in [7, 11) is 0. The number of carbonyl (C=O) groups is 1. The molecule has 0 aliphatic carbocycles. The first-order valence-corrected chi connectivity index (χ1v) is 12.8. The lowest BCUT2D eigenvalue weighted by molar-refractivity contribution is -0.385. The van der Waals surface area contributed by atoms with E-state index in [4.69, 9.17) is 9.47 Å². The molecule has 37 heavy (non-hydrogen) atoms. The third-order valence-electron chi connectivity index (χ3n) is 5.90. The average molecular weight is 522 g/mol. The van der Waals surface area contributed by atoms with Gasteiger partial charge in [-0.25, -0.2) is 9.79 Å². The number of benzene rings is 2. The zero-order valence-corrected chi connectivity index (χ0v) is 21.6. The number of rotatable bonds is 9. The van der Waals surface area contributed by atoms with Crippen LogP contribution in [0.5, 0.6) is 5.75 Å². The van der Waals surface area contributed by atoms with Crippen LogP contribution in [0.15, 0.2) is 69.6 Å². The van der Waals surface area contributed by atoms with Crippen molar-refractivity contribution < 1.29 is 19.2 Å². The van der Waals surface area contributed by atoms with Gasteiger partial charge in [-0.3, -0.25) is 19.5 Å². The van der Waals surface area contributed by atoms with E-state index in [0.717, 1.165) is 24.2 Å². The van der Waals surface area contributed by atoms with Gasteiger partial charge >= 0.3 is 5.97 Å².